The Morgan fingerprint density at radius 2 is 2.56 bits per heavy atom. The van der Waals surface area contributed by atoms with Gasteiger partial charge in [0, 0.05) is 24.6 Å². The highest BCUT2D eigenvalue weighted by molar-refractivity contribution is 7.10. The van der Waals surface area contributed by atoms with Gasteiger partial charge in [0.05, 0.1) is 6.61 Å². The summed E-state index contributed by atoms with van der Waals surface area (Å²) in [5.41, 5.74) is 0. The highest BCUT2D eigenvalue weighted by Gasteiger charge is 2.21. The fraction of sp³-hybridized carbons (Fsp3) is 0.538. The summed E-state index contributed by atoms with van der Waals surface area (Å²) in [6.45, 7) is 3.10. The van der Waals surface area contributed by atoms with Gasteiger partial charge in [-0.15, -0.1) is 11.3 Å². The summed E-state index contributed by atoms with van der Waals surface area (Å²) in [6, 6.07) is 4.87. The minimum absolute atomic E-state index is 0.609. The Kier molecular flexibility index (Phi) is 4.57. The van der Waals surface area contributed by atoms with Crippen LogP contribution in [-0.2, 0) is 4.74 Å². The molecule has 0 N–H and O–H groups in total. The molecule has 1 aromatic heterocycles. The van der Waals surface area contributed by atoms with Crippen molar-refractivity contribution < 1.29 is 4.74 Å². The van der Waals surface area contributed by atoms with Gasteiger partial charge in [-0.3, -0.25) is 4.90 Å². The molecule has 88 valence electrons. The average molecular weight is 237 g/mol. The molecule has 0 radical (unpaired) electrons. The Morgan fingerprint density at radius 3 is 3.31 bits per heavy atom. The fourth-order valence-electron chi connectivity index (χ4n) is 2.15. The van der Waals surface area contributed by atoms with E-state index >= 15 is 0 Å². The Hall–Kier alpha value is -0.640. The third kappa shape index (κ3) is 3.17. The first kappa shape index (κ1) is 11.8. The van der Waals surface area contributed by atoms with Crippen molar-refractivity contribution in [2.24, 2.45) is 0 Å². The van der Waals surface area contributed by atoms with Crippen LogP contribution in [0.15, 0.2) is 23.6 Å². The largest absolute Gasteiger partial charge is 0.383 e. The van der Waals surface area contributed by atoms with Gasteiger partial charge < -0.3 is 4.74 Å². The topological polar surface area (TPSA) is 12.5 Å². The molecule has 1 atom stereocenters. The second kappa shape index (κ2) is 6.18. The predicted octanol–water partition coefficient (Wildman–Crippen LogP) is 2.87. The maximum atomic E-state index is 5.14. The fourth-order valence-corrected chi connectivity index (χ4v) is 2.78. The highest BCUT2D eigenvalue weighted by Crippen LogP contribution is 2.20. The van der Waals surface area contributed by atoms with E-state index in [-0.39, 0.29) is 0 Å². The third-order valence-electron chi connectivity index (χ3n) is 3.02. The number of hydrogen-bond acceptors (Lipinski definition) is 3. The lowest BCUT2D eigenvalue weighted by Crippen LogP contribution is -2.30. The molecule has 0 aromatic carbocycles. The first-order chi connectivity index (χ1) is 7.90. The molecule has 2 rings (SSSR count). The van der Waals surface area contributed by atoms with E-state index in [0.717, 1.165) is 13.2 Å². The SMILES string of the molecule is COCCN1CCCC1/C=C/c1cccs1. The molecule has 1 unspecified atom stereocenters. The molecule has 1 aliphatic rings. The number of likely N-dealkylation sites (tertiary alicyclic amines) is 1. The molecule has 0 amide bonds. The molecule has 0 saturated carbocycles. The van der Waals surface area contributed by atoms with Crippen LogP contribution in [0.1, 0.15) is 17.7 Å². The number of thiophene rings is 1. The smallest absolute Gasteiger partial charge is 0.0589 e. The molecule has 0 aliphatic carbocycles. The van der Waals surface area contributed by atoms with Crippen molar-refractivity contribution in [3.8, 4) is 0 Å². The monoisotopic (exact) mass is 237 g/mol. The molecular formula is C13H19NOS. The van der Waals surface area contributed by atoms with Crippen molar-refractivity contribution in [2.45, 2.75) is 18.9 Å². The summed E-state index contributed by atoms with van der Waals surface area (Å²) < 4.78 is 5.14. The average Bonchev–Trinajstić information content (AvgIpc) is 2.94. The lowest BCUT2D eigenvalue weighted by Gasteiger charge is -2.20. The number of methoxy groups -OCH3 is 1. The maximum Gasteiger partial charge on any atom is 0.0589 e. The van der Waals surface area contributed by atoms with Crippen LogP contribution >= 0.6 is 11.3 Å². The van der Waals surface area contributed by atoms with E-state index in [9.17, 15) is 0 Å². The molecule has 2 nitrogen and oxygen atoms in total. The van der Waals surface area contributed by atoms with Crippen LogP contribution in [0.25, 0.3) is 6.08 Å². The highest BCUT2D eigenvalue weighted by atomic mass is 32.1. The minimum Gasteiger partial charge on any atom is -0.383 e. The van der Waals surface area contributed by atoms with Gasteiger partial charge >= 0.3 is 0 Å². The molecule has 1 aliphatic heterocycles. The summed E-state index contributed by atoms with van der Waals surface area (Å²) >= 11 is 1.80. The summed E-state index contributed by atoms with van der Waals surface area (Å²) in [7, 11) is 1.77. The summed E-state index contributed by atoms with van der Waals surface area (Å²) in [4.78, 5) is 3.85. The summed E-state index contributed by atoms with van der Waals surface area (Å²) in [5, 5.41) is 2.12. The standard InChI is InChI=1S/C13H19NOS/c1-15-10-9-14-8-2-4-12(14)6-7-13-5-3-11-16-13/h3,5-7,11-12H,2,4,8-10H2,1H3/b7-6+. The van der Waals surface area contributed by atoms with Crippen LogP contribution in [0.3, 0.4) is 0 Å². The normalized spacial score (nSPS) is 22.2. The van der Waals surface area contributed by atoms with E-state index in [4.69, 9.17) is 4.74 Å². The van der Waals surface area contributed by atoms with Gasteiger partial charge in [0.15, 0.2) is 0 Å². The van der Waals surface area contributed by atoms with Gasteiger partial charge in [-0.25, -0.2) is 0 Å². The van der Waals surface area contributed by atoms with Crippen LogP contribution < -0.4 is 0 Å². The second-order valence-electron chi connectivity index (χ2n) is 4.11. The van der Waals surface area contributed by atoms with Crippen LogP contribution in [0.5, 0.6) is 0 Å². The van der Waals surface area contributed by atoms with Crippen molar-refractivity contribution in [3.63, 3.8) is 0 Å². The molecule has 0 spiro atoms. The molecule has 16 heavy (non-hydrogen) atoms. The third-order valence-corrected chi connectivity index (χ3v) is 3.86. The van der Waals surface area contributed by atoms with Crippen LogP contribution in [0, 0.1) is 0 Å². The lowest BCUT2D eigenvalue weighted by atomic mass is 10.2. The van der Waals surface area contributed by atoms with Crippen LogP contribution in [-0.4, -0.2) is 37.7 Å². The predicted molar refractivity (Wildman–Crippen MR) is 69.8 cm³/mol. The van der Waals surface area contributed by atoms with Crippen molar-refractivity contribution in [1.82, 2.24) is 4.90 Å². The summed E-state index contributed by atoms with van der Waals surface area (Å²) in [6.07, 6.45) is 7.18. The number of nitrogens with zero attached hydrogens (tertiary/aromatic N) is 1. The van der Waals surface area contributed by atoms with E-state index in [1.807, 2.05) is 0 Å². The summed E-state index contributed by atoms with van der Waals surface area (Å²) in [5.74, 6) is 0. The number of ether oxygens (including phenoxy) is 1. The van der Waals surface area contributed by atoms with Gasteiger partial charge in [0.1, 0.15) is 0 Å². The Labute approximate surface area is 102 Å². The first-order valence-electron chi connectivity index (χ1n) is 5.85. The maximum absolute atomic E-state index is 5.14. The van der Waals surface area contributed by atoms with Crippen molar-refractivity contribution in [2.75, 3.05) is 26.8 Å². The lowest BCUT2D eigenvalue weighted by molar-refractivity contribution is 0.150. The number of hydrogen-bond donors (Lipinski definition) is 0. The van der Waals surface area contributed by atoms with Gasteiger partial charge in [-0.2, -0.15) is 0 Å². The molecule has 2 heterocycles. The Bertz CT molecular complexity index is 321. The minimum atomic E-state index is 0.609. The van der Waals surface area contributed by atoms with Crippen molar-refractivity contribution >= 4 is 17.4 Å². The van der Waals surface area contributed by atoms with Gasteiger partial charge in [0.2, 0.25) is 0 Å². The zero-order valence-corrected chi connectivity index (χ0v) is 10.6. The second-order valence-corrected chi connectivity index (χ2v) is 5.09. The van der Waals surface area contributed by atoms with Crippen LogP contribution in [0.2, 0.25) is 0 Å². The van der Waals surface area contributed by atoms with Crippen LogP contribution in [0.4, 0.5) is 0 Å². The van der Waals surface area contributed by atoms with Crippen molar-refractivity contribution in [1.29, 1.82) is 0 Å². The van der Waals surface area contributed by atoms with Gasteiger partial charge in [-0.1, -0.05) is 12.1 Å². The van der Waals surface area contributed by atoms with E-state index in [1.165, 1.54) is 24.3 Å². The Morgan fingerprint density at radius 1 is 1.62 bits per heavy atom. The van der Waals surface area contributed by atoms with E-state index in [0.29, 0.717) is 6.04 Å². The molecule has 3 heteroatoms. The molecule has 1 fully saturated rings. The quantitative estimate of drug-likeness (QED) is 0.781. The molecule has 1 saturated heterocycles. The number of rotatable bonds is 5. The molecule has 1 aromatic rings. The zero-order chi connectivity index (χ0) is 11.2. The van der Waals surface area contributed by atoms with E-state index in [2.05, 4.69) is 34.6 Å². The molecular weight excluding hydrogens is 218 g/mol. The Balaban J connectivity index is 1.88. The molecule has 0 bridgehead atoms. The van der Waals surface area contributed by atoms with E-state index < -0.39 is 0 Å². The van der Waals surface area contributed by atoms with Crippen molar-refractivity contribution in [3.05, 3.63) is 28.5 Å². The van der Waals surface area contributed by atoms with E-state index in [1.54, 1.807) is 18.4 Å². The first-order valence-corrected chi connectivity index (χ1v) is 6.73. The van der Waals surface area contributed by atoms with Gasteiger partial charge in [0.25, 0.3) is 0 Å². The zero-order valence-electron chi connectivity index (χ0n) is 9.76. The van der Waals surface area contributed by atoms with Gasteiger partial charge in [-0.05, 0) is 36.9 Å².